The van der Waals surface area contributed by atoms with Crippen LogP contribution in [0.2, 0.25) is 0 Å². The number of hydrogen-bond acceptors (Lipinski definition) is 12. The molecule has 0 saturated heterocycles. The van der Waals surface area contributed by atoms with E-state index in [4.69, 9.17) is 52.6 Å². The first-order valence-electron chi connectivity index (χ1n) is 13.5. The van der Waals surface area contributed by atoms with Gasteiger partial charge in [0.25, 0.3) is 0 Å². The summed E-state index contributed by atoms with van der Waals surface area (Å²) in [5.41, 5.74) is 4.72. The Morgan fingerprint density at radius 1 is 0.510 bits per heavy atom. The Morgan fingerprint density at radius 3 is 0.918 bits per heavy atom. The lowest BCUT2D eigenvalue weighted by molar-refractivity contribution is 0.378. The quantitative estimate of drug-likeness (QED) is 0.137. The molecule has 0 heterocycles. The number of anilines is 2. The standard InChI is InChI=1S/2C12H20N2O2S.3H2O4S/c2*1-4-14(10-9-13-17(3,15)16)12-8-6-5-7-11(12)2;3*1-5(2,3)4/h2*5-8,13H,4,9-10H2,1-3H3;3*(H2,1,2,3,4). The summed E-state index contributed by atoms with van der Waals surface area (Å²) < 4.78 is 144. The molecule has 25 heteroatoms. The van der Waals surface area contributed by atoms with Crippen molar-refractivity contribution in [1.82, 2.24) is 9.44 Å². The van der Waals surface area contributed by atoms with Gasteiger partial charge in [-0.3, -0.25) is 27.3 Å². The van der Waals surface area contributed by atoms with E-state index in [1.165, 1.54) is 23.6 Å². The van der Waals surface area contributed by atoms with Crippen LogP contribution < -0.4 is 19.2 Å². The van der Waals surface area contributed by atoms with Crippen molar-refractivity contribution >= 4 is 62.6 Å². The SMILES string of the molecule is CCN(CCNS(C)(=O)=O)c1ccccc1C.CCN(CCNS(C)(=O)=O)c1ccccc1C.O=S(=O)(O)O.O=S(=O)(O)O.O=S(=O)(O)O. The Kier molecular flexibility index (Phi) is 24.7. The molecule has 0 aliphatic carbocycles. The Morgan fingerprint density at radius 2 is 0.735 bits per heavy atom. The van der Waals surface area contributed by atoms with Gasteiger partial charge in [-0.05, 0) is 51.0 Å². The molecular weight excluding hydrogens is 761 g/mol. The highest BCUT2D eigenvalue weighted by atomic mass is 32.3. The molecule has 0 spiro atoms. The van der Waals surface area contributed by atoms with Crippen molar-refractivity contribution in [2.24, 2.45) is 0 Å². The summed E-state index contributed by atoms with van der Waals surface area (Å²) in [5.74, 6) is 0. The summed E-state index contributed by atoms with van der Waals surface area (Å²) in [4.78, 5) is 4.32. The van der Waals surface area contributed by atoms with Crippen LogP contribution in [-0.4, -0.2) is 121 Å². The van der Waals surface area contributed by atoms with Gasteiger partial charge >= 0.3 is 31.2 Å². The van der Waals surface area contributed by atoms with Crippen LogP contribution in [-0.2, 0) is 51.2 Å². The summed E-state index contributed by atoms with van der Waals surface area (Å²) in [6.07, 6.45) is 2.36. The van der Waals surface area contributed by atoms with Gasteiger partial charge in [-0.2, -0.15) is 25.3 Å². The average molecular weight is 807 g/mol. The number of likely N-dealkylation sites (N-methyl/N-ethyl adjacent to an activating group) is 2. The summed E-state index contributed by atoms with van der Waals surface area (Å²) >= 11 is 0. The van der Waals surface area contributed by atoms with Crippen molar-refractivity contribution in [3.63, 3.8) is 0 Å². The maximum absolute atomic E-state index is 11.0. The van der Waals surface area contributed by atoms with Crippen LogP contribution in [0.3, 0.4) is 0 Å². The molecule has 0 aliphatic heterocycles. The number of nitrogens with one attached hydrogen (secondary N) is 2. The summed E-state index contributed by atoms with van der Waals surface area (Å²) in [6.45, 7) is 12.2. The molecule has 0 aromatic heterocycles. The second-order valence-corrected chi connectivity index (χ2v) is 15.8. The van der Waals surface area contributed by atoms with Gasteiger partial charge in [-0.15, -0.1) is 0 Å². The van der Waals surface area contributed by atoms with Crippen LogP contribution in [0.5, 0.6) is 0 Å². The van der Waals surface area contributed by atoms with Crippen LogP contribution in [0, 0.1) is 13.8 Å². The third kappa shape index (κ3) is 41.6. The zero-order valence-corrected chi connectivity index (χ0v) is 31.6. The van der Waals surface area contributed by atoms with E-state index in [1.807, 2.05) is 24.3 Å². The molecule has 0 bridgehead atoms. The Bertz CT molecular complexity index is 1600. The van der Waals surface area contributed by atoms with Crippen molar-refractivity contribution < 1.29 is 69.4 Å². The fourth-order valence-corrected chi connectivity index (χ4v) is 4.39. The first kappa shape index (κ1) is 50.8. The van der Waals surface area contributed by atoms with Crippen LogP contribution >= 0.6 is 0 Å². The van der Waals surface area contributed by atoms with Crippen molar-refractivity contribution in [2.75, 3.05) is 61.6 Å². The molecule has 0 aliphatic rings. The monoisotopic (exact) mass is 806 g/mol. The van der Waals surface area contributed by atoms with E-state index < -0.39 is 51.2 Å². The molecule has 2 rings (SSSR count). The highest BCUT2D eigenvalue weighted by molar-refractivity contribution is 7.89. The van der Waals surface area contributed by atoms with E-state index in [0.29, 0.717) is 26.2 Å². The number of sulfonamides is 2. The van der Waals surface area contributed by atoms with Crippen molar-refractivity contribution in [3.8, 4) is 0 Å². The average Bonchev–Trinajstić information content (AvgIpc) is 2.87. The normalized spacial score (nSPS) is 11.5. The van der Waals surface area contributed by atoms with Gasteiger partial charge in [0.15, 0.2) is 0 Å². The molecule has 2 aromatic rings. The predicted octanol–water partition coefficient (Wildman–Crippen LogP) is 0.783. The van der Waals surface area contributed by atoms with Gasteiger partial charge in [0.05, 0.1) is 12.5 Å². The molecule has 49 heavy (non-hydrogen) atoms. The highest BCUT2D eigenvalue weighted by Gasteiger charge is 2.09. The molecule has 0 saturated carbocycles. The number of nitrogens with zero attached hydrogens (tertiary/aromatic N) is 2. The lowest BCUT2D eigenvalue weighted by atomic mass is 10.2. The van der Waals surface area contributed by atoms with E-state index >= 15 is 0 Å². The molecule has 0 unspecified atom stereocenters. The topological polar surface area (TPSA) is 323 Å². The second-order valence-electron chi connectivity index (χ2n) is 9.41. The van der Waals surface area contributed by atoms with E-state index in [1.54, 1.807) is 0 Å². The summed E-state index contributed by atoms with van der Waals surface area (Å²) in [5, 5.41) is 0. The highest BCUT2D eigenvalue weighted by Crippen LogP contribution is 2.19. The number of hydrogen-bond donors (Lipinski definition) is 8. The van der Waals surface area contributed by atoms with E-state index in [-0.39, 0.29) is 0 Å². The predicted molar refractivity (Wildman–Crippen MR) is 186 cm³/mol. The lowest BCUT2D eigenvalue weighted by Gasteiger charge is -2.24. The van der Waals surface area contributed by atoms with Gasteiger partial charge < -0.3 is 9.80 Å². The molecule has 0 fully saturated rings. The van der Waals surface area contributed by atoms with Gasteiger partial charge in [0.2, 0.25) is 20.0 Å². The zero-order chi connectivity index (χ0) is 39.3. The van der Waals surface area contributed by atoms with Gasteiger partial charge in [0, 0.05) is 50.6 Å². The zero-order valence-electron chi connectivity index (χ0n) is 27.6. The van der Waals surface area contributed by atoms with Gasteiger partial charge in [0.1, 0.15) is 0 Å². The molecule has 20 nitrogen and oxygen atoms in total. The Balaban J connectivity index is -0.000000614. The minimum absolute atomic E-state index is 0.432. The van der Waals surface area contributed by atoms with Crippen LogP contribution in [0.25, 0.3) is 0 Å². The largest absolute Gasteiger partial charge is 0.394 e. The van der Waals surface area contributed by atoms with Crippen molar-refractivity contribution in [2.45, 2.75) is 27.7 Å². The first-order chi connectivity index (χ1) is 21.9. The van der Waals surface area contributed by atoms with Gasteiger partial charge in [-0.1, -0.05) is 36.4 Å². The van der Waals surface area contributed by atoms with Crippen LogP contribution in [0.4, 0.5) is 11.4 Å². The van der Waals surface area contributed by atoms with Crippen molar-refractivity contribution in [3.05, 3.63) is 59.7 Å². The molecule has 8 N–H and O–H groups in total. The lowest BCUT2D eigenvalue weighted by Crippen LogP contribution is -2.34. The molecule has 288 valence electrons. The van der Waals surface area contributed by atoms with E-state index in [0.717, 1.165) is 24.5 Å². The molecule has 0 amide bonds. The smallest absolute Gasteiger partial charge is 0.370 e. The fraction of sp³-hybridized carbons (Fsp3) is 0.500. The van der Waals surface area contributed by atoms with Crippen LogP contribution in [0.15, 0.2) is 48.5 Å². The Hall–Kier alpha value is -2.53. The maximum atomic E-state index is 11.0. The summed E-state index contributed by atoms with van der Waals surface area (Å²) in [6, 6.07) is 16.2. The van der Waals surface area contributed by atoms with Crippen LogP contribution in [0.1, 0.15) is 25.0 Å². The second kappa shape index (κ2) is 23.8. The van der Waals surface area contributed by atoms with E-state index in [2.05, 4.69) is 71.2 Å². The van der Waals surface area contributed by atoms with Gasteiger partial charge in [-0.25, -0.2) is 26.3 Å². The minimum atomic E-state index is -4.67. The fourth-order valence-electron chi connectivity index (χ4n) is 3.47. The molecule has 2 aromatic carbocycles. The molecule has 0 atom stereocenters. The third-order valence-electron chi connectivity index (χ3n) is 5.17. The Labute approximate surface area is 289 Å². The molecule has 0 radical (unpaired) electrons. The van der Waals surface area contributed by atoms with Crippen molar-refractivity contribution in [1.29, 1.82) is 0 Å². The number of rotatable bonds is 12. The maximum Gasteiger partial charge on any atom is 0.394 e. The molecular formula is C24H46N4O16S5. The first-order valence-corrected chi connectivity index (χ1v) is 21.4. The summed E-state index contributed by atoms with van der Waals surface area (Å²) in [7, 11) is -20.2. The number of para-hydroxylation sites is 2. The number of benzene rings is 2. The van der Waals surface area contributed by atoms with E-state index in [9.17, 15) is 16.8 Å². The number of aryl methyl sites for hydroxylation is 2. The third-order valence-corrected chi connectivity index (χ3v) is 6.62. The minimum Gasteiger partial charge on any atom is -0.370 e.